The molecule has 19 heavy (non-hydrogen) atoms. The van der Waals surface area contributed by atoms with Gasteiger partial charge in [-0.05, 0) is 46.5 Å². The molecule has 2 N–H and O–H groups in total. The smallest absolute Gasteiger partial charge is 0.255 e. The van der Waals surface area contributed by atoms with Gasteiger partial charge in [0.15, 0.2) is 0 Å². The average molecular weight is 263 g/mol. The molecule has 1 fully saturated rings. The van der Waals surface area contributed by atoms with Crippen molar-refractivity contribution in [2.45, 2.75) is 65.5 Å². The van der Waals surface area contributed by atoms with Crippen molar-refractivity contribution < 1.29 is 0 Å². The van der Waals surface area contributed by atoms with Crippen molar-refractivity contribution >= 4 is 0 Å². The van der Waals surface area contributed by atoms with Crippen LogP contribution in [0.25, 0.3) is 0 Å². The Balaban J connectivity index is 2.11. The van der Waals surface area contributed by atoms with Gasteiger partial charge in [-0.2, -0.15) is 0 Å². The molecule has 0 aliphatic heterocycles. The lowest BCUT2D eigenvalue weighted by Crippen LogP contribution is -2.37. The summed E-state index contributed by atoms with van der Waals surface area (Å²) >= 11 is 0. The van der Waals surface area contributed by atoms with Crippen LogP contribution in [0.1, 0.15) is 62.7 Å². The van der Waals surface area contributed by atoms with Crippen LogP contribution in [-0.2, 0) is 0 Å². The lowest BCUT2D eigenvalue weighted by molar-refractivity contribution is 0.351. The Morgan fingerprint density at radius 3 is 2.47 bits per heavy atom. The van der Waals surface area contributed by atoms with Gasteiger partial charge < -0.3 is 10.3 Å². The summed E-state index contributed by atoms with van der Waals surface area (Å²) in [7, 11) is 0. The van der Waals surface area contributed by atoms with Crippen molar-refractivity contribution in [2.75, 3.05) is 0 Å². The molecule has 1 heterocycles. The summed E-state index contributed by atoms with van der Waals surface area (Å²) in [6.45, 7) is 8.02. The first-order valence-electron chi connectivity index (χ1n) is 7.32. The van der Waals surface area contributed by atoms with Crippen LogP contribution in [0, 0.1) is 19.8 Å². The van der Waals surface area contributed by atoms with Crippen molar-refractivity contribution in [3.05, 3.63) is 27.4 Å². The Kier molecular flexibility index (Phi) is 4.40. The van der Waals surface area contributed by atoms with Crippen LogP contribution in [-0.4, -0.2) is 16.0 Å². The number of hydrogen-bond donors (Lipinski definition) is 2. The Labute approximate surface area is 115 Å². The fraction of sp³-hybridized carbons (Fsp3) is 0.733. The largest absolute Gasteiger partial charge is 0.310 e. The minimum atomic E-state index is -0.0105. The van der Waals surface area contributed by atoms with Crippen molar-refractivity contribution in [3.8, 4) is 0 Å². The maximum absolute atomic E-state index is 12.1. The van der Waals surface area contributed by atoms with Crippen LogP contribution < -0.4 is 10.9 Å². The summed E-state index contributed by atoms with van der Waals surface area (Å²) in [5.41, 5.74) is 1.60. The van der Waals surface area contributed by atoms with E-state index >= 15 is 0 Å². The summed E-state index contributed by atoms with van der Waals surface area (Å²) in [4.78, 5) is 19.2. The predicted octanol–water partition coefficient (Wildman–Crippen LogP) is 2.62. The Morgan fingerprint density at radius 2 is 1.89 bits per heavy atom. The first kappa shape index (κ1) is 14.3. The number of nitrogens with one attached hydrogen (secondary N) is 2. The van der Waals surface area contributed by atoms with Gasteiger partial charge in [0.2, 0.25) is 0 Å². The summed E-state index contributed by atoms with van der Waals surface area (Å²) in [5, 5.41) is 3.58. The van der Waals surface area contributed by atoms with Crippen molar-refractivity contribution in [1.82, 2.24) is 15.3 Å². The first-order valence-corrected chi connectivity index (χ1v) is 7.32. The molecule has 4 heteroatoms. The highest BCUT2D eigenvalue weighted by Crippen LogP contribution is 2.28. The molecule has 1 aliphatic carbocycles. The molecule has 2 rings (SSSR count). The van der Waals surface area contributed by atoms with Crippen LogP contribution in [0.5, 0.6) is 0 Å². The molecule has 106 valence electrons. The van der Waals surface area contributed by atoms with Gasteiger partial charge in [-0.25, -0.2) is 4.98 Å². The topological polar surface area (TPSA) is 57.8 Å². The van der Waals surface area contributed by atoms with Crippen LogP contribution >= 0.6 is 0 Å². The second kappa shape index (κ2) is 5.87. The van der Waals surface area contributed by atoms with E-state index in [1.807, 2.05) is 13.8 Å². The highest BCUT2D eigenvalue weighted by atomic mass is 16.1. The molecule has 0 saturated heterocycles. The summed E-state index contributed by atoms with van der Waals surface area (Å²) < 4.78 is 0. The summed E-state index contributed by atoms with van der Waals surface area (Å²) in [6.07, 6.45) is 5.30. The van der Waals surface area contributed by atoms with Gasteiger partial charge in [0.1, 0.15) is 5.82 Å². The fourth-order valence-corrected chi connectivity index (χ4v) is 3.32. The molecule has 0 aromatic carbocycles. The molecule has 0 spiro atoms. The van der Waals surface area contributed by atoms with Gasteiger partial charge in [0.05, 0.1) is 5.56 Å². The van der Waals surface area contributed by atoms with E-state index in [-0.39, 0.29) is 11.6 Å². The van der Waals surface area contributed by atoms with Gasteiger partial charge in [0, 0.05) is 17.8 Å². The normalized spacial score (nSPS) is 19.6. The Morgan fingerprint density at radius 1 is 1.26 bits per heavy atom. The number of nitrogens with zero attached hydrogens (tertiary/aromatic N) is 1. The first-order chi connectivity index (χ1) is 8.99. The zero-order valence-corrected chi connectivity index (χ0v) is 12.4. The third-order valence-electron chi connectivity index (χ3n) is 4.32. The van der Waals surface area contributed by atoms with E-state index in [0.29, 0.717) is 11.9 Å². The van der Waals surface area contributed by atoms with Gasteiger partial charge in [-0.1, -0.05) is 12.8 Å². The number of rotatable bonds is 4. The third kappa shape index (κ3) is 3.24. The van der Waals surface area contributed by atoms with Gasteiger partial charge >= 0.3 is 0 Å². The summed E-state index contributed by atoms with van der Waals surface area (Å²) in [5.74, 6) is 1.43. The quantitative estimate of drug-likeness (QED) is 0.878. The van der Waals surface area contributed by atoms with Crippen LogP contribution in [0.15, 0.2) is 4.79 Å². The number of H-pyrrole nitrogens is 1. The standard InChI is InChI=1S/C15H25N3O/c1-9(13-7-5-6-8-13)16-10(2)14-11(3)17-12(4)18-15(14)19/h9-10,13,16H,5-8H2,1-4H3,(H,17,18,19)/t9-,10?/m0/s1. The van der Waals surface area contributed by atoms with E-state index in [9.17, 15) is 4.79 Å². The van der Waals surface area contributed by atoms with Gasteiger partial charge in [-0.15, -0.1) is 0 Å². The monoisotopic (exact) mass is 263 g/mol. The molecular weight excluding hydrogens is 238 g/mol. The maximum Gasteiger partial charge on any atom is 0.255 e. The Bertz CT molecular complexity index is 489. The number of hydrogen-bond acceptors (Lipinski definition) is 3. The minimum absolute atomic E-state index is 0.0105. The summed E-state index contributed by atoms with van der Waals surface area (Å²) in [6, 6.07) is 0.505. The molecule has 1 unspecified atom stereocenters. The molecule has 4 nitrogen and oxygen atoms in total. The SMILES string of the molecule is Cc1nc(C)c(C(C)N[C@@H](C)C2CCCC2)c(=O)[nH]1. The molecule has 2 atom stereocenters. The molecule has 1 saturated carbocycles. The molecule has 1 aliphatic rings. The van der Waals surface area contributed by atoms with Crippen LogP contribution in [0.4, 0.5) is 0 Å². The molecule has 1 aromatic rings. The van der Waals surface area contributed by atoms with E-state index < -0.39 is 0 Å². The van der Waals surface area contributed by atoms with Crippen LogP contribution in [0.3, 0.4) is 0 Å². The highest BCUT2D eigenvalue weighted by molar-refractivity contribution is 5.20. The van der Waals surface area contributed by atoms with Gasteiger partial charge in [-0.3, -0.25) is 4.79 Å². The molecular formula is C15H25N3O. The second-order valence-corrected chi connectivity index (χ2v) is 5.87. The van der Waals surface area contributed by atoms with E-state index in [1.54, 1.807) is 0 Å². The average Bonchev–Trinajstić information content (AvgIpc) is 2.80. The number of aromatic nitrogens is 2. The lowest BCUT2D eigenvalue weighted by Gasteiger charge is -2.25. The third-order valence-corrected chi connectivity index (χ3v) is 4.32. The number of aryl methyl sites for hydroxylation is 2. The van der Waals surface area contributed by atoms with Crippen LogP contribution in [0.2, 0.25) is 0 Å². The van der Waals surface area contributed by atoms with E-state index in [2.05, 4.69) is 29.1 Å². The molecule has 0 amide bonds. The van der Waals surface area contributed by atoms with E-state index in [0.717, 1.165) is 17.2 Å². The van der Waals surface area contributed by atoms with Gasteiger partial charge in [0.25, 0.3) is 5.56 Å². The van der Waals surface area contributed by atoms with E-state index in [1.165, 1.54) is 25.7 Å². The fourth-order valence-electron chi connectivity index (χ4n) is 3.32. The molecule has 0 radical (unpaired) electrons. The van der Waals surface area contributed by atoms with Crippen molar-refractivity contribution in [1.29, 1.82) is 0 Å². The lowest BCUT2D eigenvalue weighted by atomic mass is 9.98. The predicted molar refractivity (Wildman–Crippen MR) is 77.3 cm³/mol. The molecule has 1 aromatic heterocycles. The zero-order chi connectivity index (χ0) is 14.0. The van der Waals surface area contributed by atoms with Crippen molar-refractivity contribution in [2.24, 2.45) is 5.92 Å². The maximum atomic E-state index is 12.1. The van der Waals surface area contributed by atoms with Crippen molar-refractivity contribution in [3.63, 3.8) is 0 Å². The molecule has 0 bridgehead atoms. The highest BCUT2D eigenvalue weighted by Gasteiger charge is 2.24. The number of aromatic amines is 1. The zero-order valence-electron chi connectivity index (χ0n) is 12.4. The minimum Gasteiger partial charge on any atom is -0.310 e. The van der Waals surface area contributed by atoms with E-state index in [4.69, 9.17) is 0 Å². The second-order valence-electron chi connectivity index (χ2n) is 5.87. The Hall–Kier alpha value is -1.16.